The fraction of sp³-hybridized carbons (Fsp3) is 0.182. The van der Waals surface area contributed by atoms with Crippen molar-refractivity contribution >= 4 is 34.4 Å². The molecule has 4 N–H and O–H groups in total. The summed E-state index contributed by atoms with van der Waals surface area (Å²) < 4.78 is 0. The number of carboxylic acids is 1. The Morgan fingerprint density at radius 2 is 1.68 bits per heavy atom. The largest absolute Gasteiger partial charge is 0.480 e. The summed E-state index contributed by atoms with van der Waals surface area (Å²) >= 11 is 1.51. The first kappa shape index (κ1) is 22.0. The van der Waals surface area contributed by atoms with Crippen LogP contribution in [0.5, 0.6) is 0 Å². The van der Waals surface area contributed by atoms with Gasteiger partial charge in [-0.1, -0.05) is 60.7 Å². The van der Waals surface area contributed by atoms with Crippen molar-refractivity contribution in [1.82, 2.24) is 15.2 Å². The molecule has 0 spiro atoms. The van der Waals surface area contributed by atoms with Crippen LogP contribution in [0.25, 0.3) is 0 Å². The molecule has 1 aromatic heterocycles. The Kier molecular flexibility index (Phi) is 6.99. The topological polar surface area (TPSA) is 126 Å². The van der Waals surface area contributed by atoms with Crippen LogP contribution < -0.4 is 11.1 Å². The number of imide groups is 1. The van der Waals surface area contributed by atoms with Crippen LogP contribution in [0, 0.1) is 6.92 Å². The van der Waals surface area contributed by atoms with E-state index in [0.717, 1.165) is 20.9 Å². The van der Waals surface area contributed by atoms with E-state index in [1.807, 2.05) is 67.6 Å². The monoisotopic (exact) mass is 438 g/mol. The summed E-state index contributed by atoms with van der Waals surface area (Å²) in [6.45, 7) is 1.98. The first-order valence-corrected chi connectivity index (χ1v) is 10.3. The lowest BCUT2D eigenvalue weighted by Crippen LogP contribution is -2.62. The Morgan fingerprint density at radius 1 is 1.13 bits per heavy atom. The number of aliphatic carboxylic acids is 1. The molecule has 9 heteroatoms. The Labute approximate surface area is 183 Å². The van der Waals surface area contributed by atoms with Gasteiger partial charge in [-0.25, -0.2) is 19.5 Å². The molecule has 1 aliphatic heterocycles. The van der Waals surface area contributed by atoms with Gasteiger partial charge in [0.05, 0.1) is 12.5 Å². The zero-order valence-corrected chi connectivity index (χ0v) is 17.6. The van der Waals surface area contributed by atoms with Crippen molar-refractivity contribution in [3.05, 3.63) is 82.9 Å². The molecule has 31 heavy (non-hydrogen) atoms. The Hall–Kier alpha value is -3.72. The van der Waals surface area contributed by atoms with Gasteiger partial charge in [-0.2, -0.15) is 0 Å². The Balaban J connectivity index is 0.000000330. The predicted molar refractivity (Wildman–Crippen MR) is 117 cm³/mol. The fourth-order valence-electron chi connectivity index (χ4n) is 3.08. The molecule has 1 unspecified atom stereocenters. The lowest BCUT2D eigenvalue weighted by molar-refractivity contribution is -0.157. The highest BCUT2D eigenvalue weighted by molar-refractivity contribution is 7.15. The van der Waals surface area contributed by atoms with E-state index >= 15 is 0 Å². The van der Waals surface area contributed by atoms with Crippen molar-refractivity contribution in [3.63, 3.8) is 0 Å². The number of carbonyl (C=O) groups is 3. The number of urea groups is 1. The lowest BCUT2D eigenvalue weighted by Gasteiger charge is -2.36. The minimum Gasteiger partial charge on any atom is -0.480 e. The quantitative estimate of drug-likeness (QED) is 0.537. The van der Waals surface area contributed by atoms with Crippen molar-refractivity contribution in [2.75, 3.05) is 5.73 Å². The molecule has 2 aromatic carbocycles. The van der Waals surface area contributed by atoms with Gasteiger partial charge in [-0.15, -0.1) is 11.3 Å². The molecule has 0 bridgehead atoms. The van der Waals surface area contributed by atoms with Gasteiger partial charge < -0.3 is 16.2 Å². The number of rotatable bonds is 4. The second-order valence-corrected chi connectivity index (χ2v) is 8.10. The number of carbonyl (C=O) groups excluding carboxylic acids is 2. The molecular weight excluding hydrogens is 416 g/mol. The van der Waals surface area contributed by atoms with E-state index in [2.05, 4.69) is 10.3 Å². The number of hydrogen-bond acceptors (Lipinski definition) is 6. The summed E-state index contributed by atoms with van der Waals surface area (Å²) in [6, 6.07) is 16.4. The Bertz CT molecular complexity index is 1000. The number of nitrogens with zero attached hydrogens (tertiary/aromatic N) is 2. The number of β-lactam (4-membered cyclic amide) rings is 1. The second kappa shape index (κ2) is 9.86. The summed E-state index contributed by atoms with van der Waals surface area (Å²) in [4.78, 5) is 40.9. The van der Waals surface area contributed by atoms with Crippen molar-refractivity contribution in [2.45, 2.75) is 25.4 Å². The average molecular weight is 439 g/mol. The molecule has 2 heterocycles. The molecule has 1 fully saturated rings. The molecule has 3 aromatic rings. The van der Waals surface area contributed by atoms with E-state index in [4.69, 9.17) is 10.8 Å². The zero-order valence-electron chi connectivity index (χ0n) is 16.8. The highest BCUT2D eigenvalue weighted by atomic mass is 32.1. The number of nitrogens with one attached hydrogen (secondary N) is 1. The first-order chi connectivity index (χ1) is 14.9. The van der Waals surface area contributed by atoms with Gasteiger partial charge in [0, 0.05) is 11.1 Å². The number of aryl methyl sites for hydroxylation is 1. The van der Waals surface area contributed by atoms with Crippen LogP contribution in [0.3, 0.4) is 0 Å². The molecule has 1 saturated heterocycles. The molecule has 1 atom stereocenters. The van der Waals surface area contributed by atoms with Crippen LogP contribution in [0.2, 0.25) is 0 Å². The molecular formula is C22H22N4O4S. The zero-order chi connectivity index (χ0) is 22.4. The maximum Gasteiger partial charge on any atom is 0.327 e. The molecule has 0 saturated carbocycles. The van der Waals surface area contributed by atoms with Crippen LogP contribution >= 0.6 is 11.3 Å². The smallest absolute Gasteiger partial charge is 0.327 e. The first-order valence-electron chi connectivity index (χ1n) is 9.50. The summed E-state index contributed by atoms with van der Waals surface area (Å²) in [5, 5.41) is 12.5. The number of anilines is 1. The summed E-state index contributed by atoms with van der Waals surface area (Å²) in [5.41, 5.74) is 6.97. The molecule has 8 nitrogen and oxygen atoms in total. The third kappa shape index (κ3) is 5.46. The molecule has 4 rings (SSSR count). The van der Waals surface area contributed by atoms with Gasteiger partial charge in [0.25, 0.3) is 0 Å². The minimum absolute atomic E-state index is 0.149. The summed E-state index contributed by atoms with van der Waals surface area (Å²) in [7, 11) is 0. The number of hydrogen-bond donors (Lipinski definition) is 3. The maximum absolute atomic E-state index is 12.4. The van der Waals surface area contributed by atoms with Gasteiger partial charge in [0.1, 0.15) is 6.04 Å². The van der Waals surface area contributed by atoms with Crippen LogP contribution in [0.15, 0.2) is 66.9 Å². The van der Waals surface area contributed by atoms with Crippen molar-refractivity contribution in [1.29, 1.82) is 0 Å². The van der Waals surface area contributed by atoms with E-state index in [1.54, 1.807) is 6.20 Å². The third-order valence-corrected chi connectivity index (χ3v) is 5.37. The van der Waals surface area contributed by atoms with Crippen molar-refractivity contribution in [3.8, 4) is 0 Å². The summed E-state index contributed by atoms with van der Waals surface area (Å²) in [5.74, 6) is -1.67. The predicted octanol–water partition coefficient (Wildman–Crippen LogP) is 3.20. The third-order valence-electron chi connectivity index (χ3n) is 4.62. The maximum atomic E-state index is 12.4. The van der Waals surface area contributed by atoms with E-state index in [-0.39, 0.29) is 6.42 Å². The molecule has 1 aliphatic rings. The van der Waals surface area contributed by atoms with Crippen molar-refractivity contribution < 1.29 is 19.5 Å². The highest BCUT2D eigenvalue weighted by Crippen LogP contribution is 2.25. The minimum atomic E-state index is -1.18. The molecule has 0 aliphatic carbocycles. The SMILES string of the molecule is Cc1cnc(N)s1.O=C(O)C1CC(=O)N1C(=O)NC(c1ccccc1)c1ccccc1. The number of likely N-dealkylation sites (tertiary alicyclic amines) is 1. The van der Waals surface area contributed by atoms with E-state index in [1.165, 1.54) is 11.3 Å². The van der Waals surface area contributed by atoms with Crippen LogP contribution in [-0.2, 0) is 9.59 Å². The van der Waals surface area contributed by atoms with Crippen molar-refractivity contribution in [2.24, 2.45) is 0 Å². The lowest BCUT2D eigenvalue weighted by atomic mass is 9.98. The van der Waals surface area contributed by atoms with E-state index in [9.17, 15) is 14.4 Å². The number of nitrogen functional groups attached to an aromatic ring is 1. The number of carboxylic acid groups (broad SMARTS) is 1. The standard InChI is InChI=1S/C18H16N2O4.C4H6N2S/c21-15-11-14(17(22)23)20(15)18(24)19-16(12-7-3-1-4-8-12)13-9-5-2-6-10-13;1-3-2-6-4(5)7-3/h1-10,14,16H,11H2,(H,19,24)(H,22,23);2H,1H3,(H2,5,6). The molecule has 160 valence electrons. The number of aromatic nitrogens is 1. The number of nitrogens with two attached hydrogens (primary N) is 1. The average Bonchev–Trinajstić information content (AvgIpc) is 3.14. The van der Waals surface area contributed by atoms with E-state index in [0.29, 0.717) is 5.13 Å². The van der Waals surface area contributed by atoms with E-state index < -0.39 is 30.0 Å². The second-order valence-electron chi connectivity index (χ2n) is 6.83. The van der Waals surface area contributed by atoms with Gasteiger partial charge >= 0.3 is 12.0 Å². The van der Waals surface area contributed by atoms with Gasteiger partial charge in [-0.05, 0) is 18.1 Å². The van der Waals surface area contributed by atoms with Gasteiger partial charge in [0.2, 0.25) is 5.91 Å². The van der Waals surface area contributed by atoms with Gasteiger partial charge in [0.15, 0.2) is 5.13 Å². The highest BCUT2D eigenvalue weighted by Gasteiger charge is 2.46. The normalized spacial score (nSPS) is 15.0. The van der Waals surface area contributed by atoms with Crippen LogP contribution in [-0.4, -0.2) is 38.9 Å². The molecule has 0 radical (unpaired) electrons. The van der Waals surface area contributed by atoms with Gasteiger partial charge in [-0.3, -0.25) is 4.79 Å². The van der Waals surface area contributed by atoms with Crippen LogP contribution in [0.4, 0.5) is 9.93 Å². The molecule has 3 amide bonds. The Morgan fingerprint density at radius 3 is 2.03 bits per heavy atom. The fourth-order valence-corrected chi connectivity index (χ4v) is 3.62. The number of benzene rings is 2. The number of amides is 3. The summed E-state index contributed by atoms with van der Waals surface area (Å²) in [6.07, 6.45) is 1.62. The van der Waals surface area contributed by atoms with Crippen LogP contribution in [0.1, 0.15) is 28.5 Å². The number of thiazole rings is 1.